The molecule has 0 saturated carbocycles. The monoisotopic (exact) mass is 291 g/mol. The maximum absolute atomic E-state index is 9.51. The third-order valence-corrected chi connectivity index (χ3v) is 4.22. The summed E-state index contributed by atoms with van der Waals surface area (Å²) in [4.78, 5) is 0. The van der Waals surface area contributed by atoms with Gasteiger partial charge in [0.2, 0.25) is 0 Å². The summed E-state index contributed by atoms with van der Waals surface area (Å²) in [6.45, 7) is 5.64. The molecule has 1 atom stereocenters. The SMILES string of the molecule is CCCC(CCC)CCCC(CO)NCc1ccccc1. The first-order chi connectivity index (χ1) is 10.3. The summed E-state index contributed by atoms with van der Waals surface area (Å²) in [7, 11) is 0. The zero-order valence-corrected chi connectivity index (χ0v) is 13.9. The van der Waals surface area contributed by atoms with Crippen molar-refractivity contribution in [3.05, 3.63) is 35.9 Å². The number of aliphatic hydroxyl groups is 1. The van der Waals surface area contributed by atoms with Crippen LogP contribution in [0, 0.1) is 5.92 Å². The Labute approximate surface area is 131 Å². The minimum Gasteiger partial charge on any atom is -0.395 e. The van der Waals surface area contributed by atoms with Gasteiger partial charge in [0.25, 0.3) is 0 Å². The molecule has 1 aromatic carbocycles. The summed E-state index contributed by atoms with van der Waals surface area (Å²) < 4.78 is 0. The summed E-state index contributed by atoms with van der Waals surface area (Å²) in [6.07, 6.45) is 8.90. The van der Waals surface area contributed by atoms with Crippen LogP contribution < -0.4 is 5.32 Å². The van der Waals surface area contributed by atoms with Gasteiger partial charge in [-0.1, -0.05) is 82.7 Å². The molecule has 1 aromatic rings. The highest BCUT2D eigenvalue weighted by Crippen LogP contribution is 2.20. The van der Waals surface area contributed by atoms with Gasteiger partial charge in [-0.25, -0.2) is 0 Å². The van der Waals surface area contributed by atoms with E-state index in [-0.39, 0.29) is 12.6 Å². The second-order valence-corrected chi connectivity index (χ2v) is 6.12. The summed E-state index contributed by atoms with van der Waals surface area (Å²) in [5.41, 5.74) is 1.28. The van der Waals surface area contributed by atoms with Crippen LogP contribution in [0.4, 0.5) is 0 Å². The van der Waals surface area contributed by atoms with Crippen LogP contribution in [0.5, 0.6) is 0 Å². The fraction of sp³-hybridized carbons (Fsp3) is 0.684. The van der Waals surface area contributed by atoms with Crippen molar-refractivity contribution in [1.29, 1.82) is 0 Å². The molecule has 2 heteroatoms. The second-order valence-electron chi connectivity index (χ2n) is 6.12. The lowest BCUT2D eigenvalue weighted by Crippen LogP contribution is -2.32. The zero-order valence-electron chi connectivity index (χ0n) is 13.9. The van der Waals surface area contributed by atoms with E-state index in [4.69, 9.17) is 0 Å². The third kappa shape index (κ3) is 8.23. The Balaban J connectivity index is 2.23. The van der Waals surface area contributed by atoms with E-state index in [2.05, 4.69) is 43.4 Å². The normalized spacial score (nSPS) is 12.8. The van der Waals surface area contributed by atoms with E-state index in [1.54, 1.807) is 0 Å². The molecule has 0 heterocycles. The zero-order chi connectivity index (χ0) is 15.3. The Bertz CT molecular complexity index is 333. The number of benzene rings is 1. The fourth-order valence-corrected chi connectivity index (χ4v) is 3.02. The average Bonchev–Trinajstić information content (AvgIpc) is 2.52. The number of rotatable bonds is 12. The van der Waals surface area contributed by atoms with E-state index in [9.17, 15) is 5.11 Å². The average molecular weight is 291 g/mol. The first-order valence-corrected chi connectivity index (χ1v) is 8.68. The van der Waals surface area contributed by atoms with Crippen LogP contribution in [0.1, 0.15) is 64.4 Å². The molecule has 1 rings (SSSR count). The van der Waals surface area contributed by atoms with Crippen molar-refractivity contribution >= 4 is 0 Å². The van der Waals surface area contributed by atoms with Crippen molar-refractivity contribution in [3.63, 3.8) is 0 Å². The molecule has 0 aliphatic carbocycles. The van der Waals surface area contributed by atoms with E-state index in [1.807, 2.05) is 6.07 Å². The summed E-state index contributed by atoms with van der Waals surface area (Å²) in [5, 5.41) is 13.0. The standard InChI is InChI=1S/C19H33NO/c1-3-9-17(10-4-2)13-8-14-19(16-21)20-15-18-11-6-5-7-12-18/h5-7,11-12,17,19-21H,3-4,8-10,13-16H2,1-2H3. The van der Waals surface area contributed by atoms with Crippen LogP contribution in [0.25, 0.3) is 0 Å². The predicted molar refractivity (Wildman–Crippen MR) is 91.3 cm³/mol. The fourth-order valence-electron chi connectivity index (χ4n) is 3.02. The van der Waals surface area contributed by atoms with Gasteiger partial charge in [-0.05, 0) is 17.9 Å². The van der Waals surface area contributed by atoms with E-state index < -0.39 is 0 Å². The number of nitrogens with one attached hydrogen (secondary N) is 1. The van der Waals surface area contributed by atoms with E-state index in [1.165, 1.54) is 44.1 Å². The van der Waals surface area contributed by atoms with Crippen LogP contribution in [0.15, 0.2) is 30.3 Å². The van der Waals surface area contributed by atoms with Crippen LogP contribution in [0.2, 0.25) is 0 Å². The Hall–Kier alpha value is -0.860. The first kappa shape index (κ1) is 18.2. The molecule has 2 nitrogen and oxygen atoms in total. The van der Waals surface area contributed by atoms with Gasteiger partial charge in [-0.2, -0.15) is 0 Å². The molecule has 21 heavy (non-hydrogen) atoms. The highest BCUT2D eigenvalue weighted by atomic mass is 16.3. The Kier molecular flexibility index (Phi) is 10.2. The Morgan fingerprint density at radius 2 is 1.62 bits per heavy atom. The lowest BCUT2D eigenvalue weighted by molar-refractivity contribution is 0.228. The lowest BCUT2D eigenvalue weighted by Gasteiger charge is -2.19. The lowest BCUT2D eigenvalue weighted by atomic mass is 9.92. The van der Waals surface area contributed by atoms with Gasteiger partial charge < -0.3 is 10.4 Å². The van der Waals surface area contributed by atoms with Crippen LogP contribution >= 0.6 is 0 Å². The van der Waals surface area contributed by atoms with Crippen molar-refractivity contribution in [1.82, 2.24) is 5.32 Å². The maximum atomic E-state index is 9.51. The molecule has 0 radical (unpaired) electrons. The maximum Gasteiger partial charge on any atom is 0.0584 e. The van der Waals surface area contributed by atoms with Gasteiger partial charge in [0, 0.05) is 12.6 Å². The van der Waals surface area contributed by atoms with Crippen molar-refractivity contribution in [2.75, 3.05) is 6.61 Å². The van der Waals surface area contributed by atoms with Crippen molar-refractivity contribution < 1.29 is 5.11 Å². The van der Waals surface area contributed by atoms with Crippen molar-refractivity contribution in [2.24, 2.45) is 5.92 Å². The summed E-state index contributed by atoms with van der Waals surface area (Å²) >= 11 is 0. The minimum absolute atomic E-state index is 0.231. The molecule has 2 N–H and O–H groups in total. The molecular weight excluding hydrogens is 258 g/mol. The molecule has 0 aliphatic rings. The van der Waals surface area contributed by atoms with Crippen molar-refractivity contribution in [2.45, 2.75) is 71.4 Å². The van der Waals surface area contributed by atoms with Gasteiger partial charge in [0.15, 0.2) is 0 Å². The van der Waals surface area contributed by atoms with Gasteiger partial charge in [0.05, 0.1) is 6.61 Å². The molecule has 0 aromatic heterocycles. The molecule has 0 spiro atoms. The number of aliphatic hydroxyl groups excluding tert-OH is 1. The predicted octanol–water partition coefficient (Wildman–Crippen LogP) is 4.52. The molecule has 0 bridgehead atoms. The Morgan fingerprint density at radius 3 is 2.19 bits per heavy atom. The van der Waals surface area contributed by atoms with Gasteiger partial charge in [-0.15, -0.1) is 0 Å². The molecular formula is C19H33NO. The van der Waals surface area contributed by atoms with Gasteiger partial charge >= 0.3 is 0 Å². The smallest absolute Gasteiger partial charge is 0.0584 e. The van der Waals surface area contributed by atoms with Crippen LogP contribution in [-0.2, 0) is 6.54 Å². The Morgan fingerprint density at radius 1 is 0.952 bits per heavy atom. The van der Waals surface area contributed by atoms with Crippen LogP contribution in [0.3, 0.4) is 0 Å². The van der Waals surface area contributed by atoms with Gasteiger partial charge in [0.1, 0.15) is 0 Å². The van der Waals surface area contributed by atoms with Crippen LogP contribution in [-0.4, -0.2) is 17.8 Å². The van der Waals surface area contributed by atoms with E-state index in [0.29, 0.717) is 0 Å². The molecule has 0 aliphatic heterocycles. The van der Waals surface area contributed by atoms with Gasteiger partial charge in [-0.3, -0.25) is 0 Å². The molecule has 0 saturated heterocycles. The second kappa shape index (κ2) is 11.8. The first-order valence-electron chi connectivity index (χ1n) is 8.68. The summed E-state index contributed by atoms with van der Waals surface area (Å²) in [6, 6.07) is 10.6. The number of hydrogen-bond donors (Lipinski definition) is 2. The number of hydrogen-bond acceptors (Lipinski definition) is 2. The summed E-state index contributed by atoms with van der Waals surface area (Å²) in [5.74, 6) is 0.883. The van der Waals surface area contributed by atoms with Crippen molar-refractivity contribution in [3.8, 4) is 0 Å². The molecule has 120 valence electrons. The quantitative estimate of drug-likeness (QED) is 0.593. The molecule has 1 unspecified atom stereocenters. The highest BCUT2D eigenvalue weighted by molar-refractivity contribution is 5.14. The van der Waals surface area contributed by atoms with E-state index >= 15 is 0 Å². The largest absolute Gasteiger partial charge is 0.395 e. The minimum atomic E-state index is 0.231. The third-order valence-electron chi connectivity index (χ3n) is 4.22. The highest BCUT2D eigenvalue weighted by Gasteiger charge is 2.10. The van der Waals surface area contributed by atoms with E-state index in [0.717, 1.165) is 18.9 Å². The topological polar surface area (TPSA) is 32.3 Å². The molecule has 0 fully saturated rings. The molecule has 0 amide bonds.